The summed E-state index contributed by atoms with van der Waals surface area (Å²) in [5.41, 5.74) is 5.24. The van der Waals surface area contributed by atoms with Crippen LogP contribution in [0, 0.1) is 23.7 Å². The highest BCUT2D eigenvalue weighted by Gasteiger charge is 2.37. The van der Waals surface area contributed by atoms with Crippen LogP contribution in [0.1, 0.15) is 113 Å². The molecule has 0 unspecified atom stereocenters. The number of rotatable bonds is 26. The van der Waals surface area contributed by atoms with Crippen LogP contribution in [0.15, 0.2) is 0 Å². The van der Waals surface area contributed by atoms with Crippen LogP contribution in [0.2, 0.25) is 0 Å². The Balaban J connectivity index is 5.92. The van der Waals surface area contributed by atoms with Crippen molar-refractivity contribution in [2.75, 3.05) is 26.8 Å². The average Bonchev–Trinajstić information content (AvgIpc) is 3.05. The third-order valence-electron chi connectivity index (χ3n) is 8.60. The van der Waals surface area contributed by atoms with Crippen LogP contribution < -0.4 is 21.7 Å². The standard InChI is InChI=1S/C35H65N5O9/c1-9-10-11-12-13-14-15-16-17-28(49-29(43)19-37-32(45)24(6)20-41)25(7)35(48)40(8)27(18-22(2)3)33(46)39-30(23(4)5)34(47)38-26(21-42)31(36)44/h22-28,30,41-42H,9-21H2,1-8H3,(H2,36,44)(H,37,45)(H,38,47)(H,39,46)/t24-,25+,26-,27-,28+,30-/m0/s1. The molecule has 7 N–H and O–H groups in total. The van der Waals surface area contributed by atoms with E-state index in [1.54, 1.807) is 20.8 Å². The van der Waals surface area contributed by atoms with Gasteiger partial charge in [-0.2, -0.15) is 0 Å². The topological polar surface area (TPSA) is 217 Å². The van der Waals surface area contributed by atoms with Crippen LogP contribution in [0.25, 0.3) is 0 Å². The maximum absolute atomic E-state index is 13.9. The molecular formula is C35H65N5O9. The van der Waals surface area contributed by atoms with Crippen LogP contribution in [-0.4, -0.2) is 102 Å². The van der Waals surface area contributed by atoms with Crippen LogP contribution in [0.5, 0.6) is 0 Å². The number of nitrogens with two attached hydrogens (primary N) is 1. The Morgan fingerprint density at radius 2 is 1.35 bits per heavy atom. The van der Waals surface area contributed by atoms with Crippen LogP contribution in [0.3, 0.4) is 0 Å². The van der Waals surface area contributed by atoms with Crippen molar-refractivity contribution in [3.8, 4) is 0 Å². The van der Waals surface area contributed by atoms with Crippen molar-refractivity contribution in [1.29, 1.82) is 0 Å². The maximum atomic E-state index is 13.9. The number of nitrogens with one attached hydrogen (secondary N) is 3. The van der Waals surface area contributed by atoms with Gasteiger partial charge in [-0.1, -0.05) is 93.4 Å². The van der Waals surface area contributed by atoms with Crippen LogP contribution in [0.4, 0.5) is 0 Å². The van der Waals surface area contributed by atoms with Crippen molar-refractivity contribution < 1.29 is 43.7 Å². The molecule has 0 spiro atoms. The van der Waals surface area contributed by atoms with Crippen LogP contribution >= 0.6 is 0 Å². The van der Waals surface area contributed by atoms with Gasteiger partial charge < -0.3 is 41.5 Å². The first-order valence-corrected chi connectivity index (χ1v) is 17.9. The average molecular weight is 700 g/mol. The minimum absolute atomic E-state index is 0.0165. The summed E-state index contributed by atoms with van der Waals surface area (Å²) in [6.07, 6.45) is 8.30. The fourth-order valence-corrected chi connectivity index (χ4v) is 5.29. The molecule has 49 heavy (non-hydrogen) atoms. The van der Waals surface area contributed by atoms with E-state index in [-0.39, 0.29) is 18.9 Å². The molecule has 14 nitrogen and oxygen atoms in total. The molecule has 14 heteroatoms. The number of aliphatic hydroxyl groups excluding tert-OH is 2. The van der Waals surface area contributed by atoms with Gasteiger partial charge >= 0.3 is 5.97 Å². The molecular weight excluding hydrogens is 634 g/mol. The molecule has 0 saturated carbocycles. The number of nitrogens with zero attached hydrogens (tertiary/aromatic N) is 1. The van der Waals surface area contributed by atoms with Gasteiger partial charge in [0.15, 0.2) is 0 Å². The second kappa shape index (κ2) is 24.8. The molecule has 0 aliphatic heterocycles. The van der Waals surface area contributed by atoms with Gasteiger partial charge in [-0.05, 0) is 31.1 Å². The Morgan fingerprint density at radius 1 is 0.776 bits per heavy atom. The molecule has 0 fully saturated rings. The quantitative estimate of drug-likeness (QED) is 0.0572. The summed E-state index contributed by atoms with van der Waals surface area (Å²) in [4.78, 5) is 78.4. The number of hydrogen-bond acceptors (Lipinski definition) is 9. The fraction of sp³-hybridized carbons (Fsp3) is 0.829. The van der Waals surface area contributed by atoms with Crippen molar-refractivity contribution in [2.24, 2.45) is 29.4 Å². The van der Waals surface area contributed by atoms with E-state index in [2.05, 4.69) is 22.9 Å². The first kappa shape index (κ1) is 45.7. The smallest absolute Gasteiger partial charge is 0.325 e. The maximum Gasteiger partial charge on any atom is 0.325 e. The largest absolute Gasteiger partial charge is 0.460 e. The predicted octanol–water partition coefficient (Wildman–Crippen LogP) is 1.79. The van der Waals surface area contributed by atoms with Gasteiger partial charge in [-0.15, -0.1) is 0 Å². The lowest BCUT2D eigenvalue weighted by Crippen LogP contribution is -2.59. The summed E-state index contributed by atoms with van der Waals surface area (Å²) >= 11 is 0. The number of amides is 5. The van der Waals surface area contributed by atoms with Gasteiger partial charge in [-0.3, -0.25) is 28.8 Å². The van der Waals surface area contributed by atoms with Gasteiger partial charge in [0.05, 0.1) is 25.0 Å². The predicted molar refractivity (Wildman–Crippen MR) is 187 cm³/mol. The minimum Gasteiger partial charge on any atom is -0.460 e. The van der Waals surface area contributed by atoms with E-state index < -0.39 is 90.6 Å². The minimum atomic E-state index is -1.32. The molecule has 0 aliphatic carbocycles. The molecule has 0 radical (unpaired) electrons. The number of esters is 1. The second-order valence-corrected chi connectivity index (χ2v) is 13.9. The molecule has 0 aliphatic rings. The number of aliphatic hydroxyl groups is 2. The Hall–Kier alpha value is -3.26. The molecule has 5 amide bonds. The highest BCUT2D eigenvalue weighted by Crippen LogP contribution is 2.22. The van der Waals surface area contributed by atoms with E-state index in [9.17, 15) is 39.0 Å². The van der Waals surface area contributed by atoms with Crippen molar-refractivity contribution in [3.63, 3.8) is 0 Å². The lowest BCUT2D eigenvalue weighted by atomic mass is 9.94. The highest BCUT2D eigenvalue weighted by molar-refractivity contribution is 5.94. The number of hydrogen-bond donors (Lipinski definition) is 6. The number of carbonyl (C=O) groups excluding carboxylic acids is 6. The Morgan fingerprint density at radius 3 is 1.84 bits per heavy atom. The third-order valence-corrected chi connectivity index (χ3v) is 8.60. The summed E-state index contributed by atoms with van der Waals surface area (Å²) in [6.45, 7) is 11.0. The monoisotopic (exact) mass is 699 g/mol. The molecule has 0 rings (SSSR count). The van der Waals surface area contributed by atoms with E-state index in [4.69, 9.17) is 10.5 Å². The molecule has 0 aromatic heterocycles. The SMILES string of the molecule is CCCCCCCCCC[C@@H](OC(=O)CNC(=O)[C@@H](C)CO)[C@@H](C)C(=O)N(C)[C@@H](CC(C)C)C(=O)N[C@H](C(=O)N[C@@H](CO)C(N)=O)C(C)C. The number of unbranched alkanes of at least 4 members (excludes halogenated alkanes) is 7. The van der Waals surface area contributed by atoms with Crippen molar-refractivity contribution >= 4 is 35.5 Å². The molecule has 0 heterocycles. The van der Waals surface area contributed by atoms with Gasteiger partial charge in [0.2, 0.25) is 29.5 Å². The first-order chi connectivity index (χ1) is 23.0. The number of carbonyl (C=O) groups is 6. The first-order valence-electron chi connectivity index (χ1n) is 17.9. The van der Waals surface area contributed by atoms with E-state index in [0.717, 1.165) is 25.7 Å². The number of ether oxygens (including phenoxy) is 1. The highest BCUT2D eigenvalue weighted by atomic mass is 16.5. The number of likely N-dealkylation sites (N-methyl/N-ethyl adjacent to an activating group) is 1. The summed E-state index contributed by atoms with van der Waals surface area (Å²) < 4.78 is 5.75. The summed E-state index contributed by atoms with van der Waals surface area (Å²) in [6, 6.07) is -3.39. The summed E-state index contributed by atoms with van der Waals surface area (Å²) in [5, 5.41) is 26.2. The fourth-order valence-electron chi connectivity index (χ4n) is 5.29. The van der Waals surface area contributed by atoms with E-state index in [0.29, 0.717) is 12.8 Å². The van der Waals surface area contributed by atoms with Crippen LogP contribution in [-0.2, 0) is 33.5 Å². The van der Waals surface area contributed by atoms with Crippen molar-refractivity contribution in [1.82, 2.24) is 20.9 Å². The third kappa shape index (κ3) is 17.8. The summed E-state index contributed by atoms with van der Waals surface area (Å²) in [7, 11) is 1.50. The van der Waals surface area contributed by atoms with E-state index in [1.807, 2.05) is 13.8 Å². The van der Waals surface area contributed by atoms with Gasteiger partial charge in [0.1, 0.15) is 30.8 Å². The molecule has 0 aromatic carbocycles. The van der Waals surface area contributed by atoms with Gasteiger partial charge in [0, 0.05) is 7.05 Å². The van der Waals surface area contributed by atoms with E-state index in [1.165, 1.54) is 38.1 Å². The molecule has 6 atom stereocenters. The second-order valence-electron chi connectivity index (χ2n) is 13.9. The van der Waals surface area contributed by atoms with Gasteiger partial charge in [0.25, 0.3) is 0 Å². The molecule has 0 saturated heterocycles. The Bertz CT molecular complexity index is 1040. The number of primary amides is 1. The lowest BCUT2D eigenvalue weighted by Gasteiger charge is -2.34. The molecule has 0 aromatic rings. The zero-order valence-electron chi connectivity index (χ0n) is 31.1. The zero-order valence-corrected chi connectivity index (χ0v) is 31.1. The zero-order chi connectivity index (χ0) is 37.7. The van der Waals surface area contributed by atoms with E-state index >= 15 is 0 Å². The normalized spacial score (nSPS) is 15.0. The molecule has 284 valence electrons. The lowest BCUT2D eigenvalue weighted by molar-refractivity contribution is -0.158. The van der Waals surface area contributed by atoms with Gasteiger partial charge in [-0.25, -0.2) is 0 Å². The van der Waals surface area contributed by atoms with Crippen molar-refractivity contribution in [3.05, 3.63) is 0 Å². The Labute approximate surface area is 293 Å². The van der Waals surface area contributed by atoms with Crippen molar-refractivity contribution in [2.45, 2.75) is 137 Å². The Kier molecular flexibility index (Phi) is 23.2. The summed E-state index contributed by atoms with van der Waals surface area (Å²) in [5.74, 6) is -5.82. The molecule has 0 bridgehead atoms.